The first-order chi connectivity index (χ1) is 14.6. The van der Waals surface area contributed by atoms with Crippen molar-refractivity contribution < 1.29 is 24.4 Å². The Balaban J connectivity index is 1.30. The number of aliphatic hydroxyl groups is 2. The lowest BCUT2D eigenvalue weighted by Gasteiger charge is -2.17. The minimum atomic E-state index is -1.17. The van der Waals surface area contributed by atoms with Crippen LogP contribution in [-0.2, 0) is 14.2 Å². The predicted octanol–water partition coefficient (Wildman–Crippen LogP) is -0.300. The lowest BCUT2D eigenvalue weighted by Crippen LogP contribution is -2.36. The summed E-state index contributed by atoms with van der Waals surface area (Å²) in [4.78, 5) is 13.0. The van der Waals surface area contributed by atoms with Crippen LogP contribution < -0.4 is 10.6 Å². The summed E-state index contributed by atoms with van der Waals surface area (Å²) in [5.74, 6) is 0.596. The summed E-state index contributed by atoms with van der Waals surface area (Å²) in [6, 6.07) is 0.541. The van der Waals surface area contributed by atoms with E-state index in [1.165, 1.54) is 12.7 Å². The van der Waals surface area contributed by atoms with Crippen molar-refractivity contribution in [1.29, 1.82) is 0 Å². The van der Waals surface area contributed by atoms with Gasteiger partial charge in [-0.1, -0.05) is 0 Å². The van der Waals surface area contributed by atoms with Crippen molar-refractivity contribution >= 4 is 34.4 Å². The molecule has 0 spiro atoms. The molecule has 5 atom stereocenters. The van der Waals surface area contributed by atoms with Gasteiger partial charge in [-0.15, -0.1) is 0 Å². The molecule has 3 fully saturated rings. The fourth-order valence-electron chi connectivity index (χ4n) is 3.68. The molecule has 1 unspecified atom stereocenters. The average Bonchev–Trinajstić information content (AvgIpc) is 3.12. The summed E-state index contributed by atoms with van der Waals surface area (Å²) < 4.78 is 18.4. The van der Waals surface area contributed by atoms with Crippen LogP contribution in [0.4, 0.5) is 5.82 Å². The van der Waals surface area contributed by atoms with Gasteiger partial charge in [-0.2, -0.15) is 0 Å². The number of thiocarbonyl (C=S) groups is 1. The van der Waals surface area contributed by atoms with Crippen LogP contribution in [0.25, 0.3) is 11.2 Å². The number of nitrogens with one attached hydrogen (secondary N) is 2. The molecule has 0 aromatic carbocycles. The van der Waals surface area contributed by atoms with Crippen LogP contribution in [-0.4, -0.2) is 85.1 Å². The highest BCUT2D eigenvalue weighted by molar-refractivity contribution is 7.80. The number of anilines is 1. The second-order valence-electron chi connectivity index (χ2n) is 7.81. The zero-order valence-corrected chi connectivity index (χ0v) is 17.0. The highest BCUT2D eigenvalue weighted by Crippen LogP contribution is 2.32. The SMILES string of the molecule is O[C@@H]1[C@@H](COC(=S)NC2CC2)OC(n2cnc3c(N[C@@H]4CCOC4)ncnc32)[C@@H]1O. The maximum absolute atomic E-state index is 10.6. The number of ether oxygens (including phenoxy) is 3. The third-order valence-corrected chi connectivity index (χ3v) is 5.75. The summed E-state index contributed by atoms with van der Waals surface area (Å²) in [7, 11) is 0. The Morgan fingerprint density at radius 1 is 1.20 bits per heavy atom. The average molecular weight is 436 g/mol. The van der Waals surface area contributed by atoms with Crippen LogP contribution in [0.3, 0.4) is 0 Å². The van der Waals surface area contributed by atoms with Crippen LogP contribution in [0.5, 0.6) is 0 Å². The first-order valence-corrected chi connectivity index (χ1v) is 10.5. The first kappa shape index (κ1) is 19.8. The summed E-state index contributed by atoms with van der Waals surface area (Å²) in [6.45, 7) is 1.36. The molecule has 2 aromatic heterocycles. The van der Waals surface area contributed by atoms with Crippen molar-refractivity contribution in [3.8, 4) is 0 Å². The summed E-state index contributed by atoms with van der Waals surface area (Å²) >= 11 is 5.14. The molecular formula is C18H24N6O5S. The molecule has 1 aliphatic carbocycles. The molecule has 11 nitrogen and oxygen atoms in total. The normalized spacial score (nSPS) is 31.2. The number of aliphatic hydroxyl groups excluding tert-OH is 2. The molecule has 0 amide bonds. The Hall–Kier alpha value is -2.12. The van der Waals surface area contributed by atoms with Gasteiger partial charge < -0.3 is 35.1 Å². The zero-order valence-electron chi connectivity index (χ0n) is 16.2. The van der Waals surface area contributed by atoms with Gasteiger partial charge in [0.1, 0.15) is 31.2 Å². The van der Waals surface area contributed by atoms with Crippen molar-refractivity contribution in [2.45, 2.75) is 55.9 Å². The molecule has 4 heterocycles. The van der Waals surface area contributed by atoms with E-state index in [0.717, 1.165) is 19.3 Å². The van der Waals surface area contributed by atoms with E-state index in [1.54, 1.807) is 4.57 Å². The Morgan fingerprint density at radius 2 is 2.07 bits per heavy atom. The second-order valence-corrected chi connectivity index (χ2v) is 8.19. The Morgan fingerprint density at radius 3 is 2.83 bits per heavy atom. The van der Waals surface area contributed by atoms with Crippen molar-refractivity contribution in [2.75, 3.05) is 25.1 Å². The fourth-order valence-corrected chi connectivity index (χ4v) is 3.91. The fraction of sp³-hybridized carbons (Fsp3) is 0.667. The van der Waals surface area contributed by atoms with Crippen LogP contribution in [0, 0.1) is 0 Å². The summed E-state index contributed by atoms with van der Waals surface area (Å²) in [5.41, 5.74) is 1.05. The second kappa shape index (κ2) is 8.19. The number of fused-ring (bicyclic) bond motifs is 1. The predicted molar refractivity (Wildman–Crippen MR) is 109 cm³/mol. The molecule has 4 N–H and O–H groups in total. The minimum Gasteiger partial charge on any atom is -0.468 e. The molecule has 2 aromatic rings. The van der Waals surface area contributed by atoms with Crippen molar-refractivity contribution in [2.24, 2.45) is 0 Å². The lowest BCUT2D eigenvalue weighted by atomic mass is 10.1. The van der Waals surface area contributed by atoms with E-state index in [0.29, 0.717) is 36.2 Å². The van der Waals surface area contributed by atoms with Gasteiger partial charge in [-0.05, 0) is 31.5 Å². The van der Waals surface area contributed by atoms with Crippen molar-refractivity contribution in [1.82, 2.24) is 24.8 Å². The van der Waals surface area contributed by atoms with Gasteiger partial charge in [0.05, 0.1) is 19.0 Å². The van der Waals surface area contributed by atoms with Crippen LogP contribution in [0.2, 0.25) is 0 Å². The molecule has 2 aliphatic heterocycles. The minimum absolute atomic E-state index is 0.0311. The molecule has 12 heteroatoms. The van der Waals surface area contributed by atoms with Gasteiger partial charge in [-0.25, -0.2) is 15.0 Å². The Bertz CT molecular complexity index is 918. The Kier molecular flexibility index (Phi) is 5.41. The van der Waals surface area contributed by atoms with Crippen LogP contribution in [0.15, 0.2) is 12.7 Å². The zero-order chi connectivity index (χ0) is 20.7. The summed E-state index contributed by atoms with van der Waals surface area (Å²) in [5, 5.41) is 27.7. The highest BCUT2D eigenvalue weighted by atomic mass is 32.1. The molecule has 0 bridgehead atoms. The van der Waals surface area contributed by atoms with Gasteiger partial charge in [-0.3, -0.25) is 4.57 Å². The van der Waals surface area contributed by atoms with E-state index in [4.69, 9.17) is 26.4 Å². The number of imidazole rings is 1. The monoisotopic (exact) mass is 436 g/mol. The number of hydrogen-bond acceptors (Lipinski definition) is 10. The number of hydrogen-bond donors (Lipinski definition) is 4. The molecule has 1 saturated carbocycles. The molecule has 5 rings (SSSR count). The molecule has 3 aliphatic rings. The molecule has 0 radical (unpaired) electrons. The smallest absolute Gasteiger partial charge is 0.256 e. The largest absolute Gasteiger partial charge is 0.468 e. The van der Waals surface area contributed by atoms with Gasteiger partial charge in [0, 0.05) is 12.6 Å². The van der Waals surface area contributed by atoms with E-state index in [2.05, 4.69) is 25.6 Å². The summed E-state index contributed by atoms with van der Waals surface area (Å²) in [6.07, 6.45) is 2.10. The molecule has 30 heavy (non-hydrogen) atoms. The van der Waals surface area contributed by atoms with Gasteiger partial charge in [0.15, 0.2) is 23.2 Å². The third-order valence-electron chi connectivity index (χ3n) is 5.52. The van der Waals surface area contributed by atoms with Gasteiger partial charge >= 0.3 is 0 Å². The first-order valence-electron chi connectivity index (χ1n) is 10.1. The van der Waals surface area contributed by atoms with Gasteiger partial charge in [0.2, 0.25) is 0 Å². The standard InChI is InChI=1S/C18H24N6O5S/c25-13-11(6-28-18(30)23-9-1-2-9)29-17(14(13)26)24-8-21-12-15(19-7-20-16(12)24)22-10-3-4-27-5-10/h7-11,13-14,17,25-26H,1-6H2,(H,23,30)(H,19,20,22)/t10-,11-,13-,14-,17?/m1/s1. The maximum Gasteiger partial charge on any atom is 0.256 e. The van der Waals surface area contributed by atoms with Crippen molar-refractivity contribution in [3.63, 3.8) is 0 Å². The maximum atomic E-state index is 10.6. The topological polar surface area (TPSA) is 136 Å². The van der Waals surface area contributed by atoms with E-state index in [-0.39, 0.29) is 17.8 Å². The molecule has 162 valence electrons. The lowest BCUT2D eigenvalue weighted by molar-refractivity contribution is -0.0491. The number of rotatable bonds is 6. The van der Waals surface area contributed by atoms with E-state index < -0.39 is 24.5 Å². The van der Waals surface area contributed by atoms with Crippen molar-refractivity contribution in [3.05, 3.63) is 12.7 Å². The van der Waals surface area contributed by atoms with Gasteiger partial charge in [0.25, 0.3) is 5.17 Å². The number of aromatic nitrogens is 4. The third kappa shape index (κ3) is 3.93. The Labute approximate surface area is 177 Å². The highest BCUT2D eigenvalue weighted by Gasteiger charge is 2.45. The van der Waals surface area contributed by atoms with Crippen LogP contribution in [0.1, 0.15) is 25.5 Å². The van der Waals surface area contributed by atoms with E-state index >= 15 is 0 Å². The van der Waals surface area contributed by atoms with E-state index in [9.17, 15) is 10.2 Å². The number of nitrogens with zero attached hydrogens (tertiary/aromatic N) is 4. The molecule has 2 saturated heterocycles. The molecular weight excluding hydrogens is 412 g/mol. The quantitative estimate of drug-likeness (QED) is 0.444. The van der Waals surface area contributed by atoms with Crippen LogP contribution >= 0.6 is 12.2 Å². The van der Waals surface area contributed by atoms with E-state index in [1.807, 2.05) is 0 Å².